The minimum Gasteiger partial charge on any atom is -0.457 e. The van der Waals surface area contributed by atoms with Crippen LogP contribution in [0.2, 0.25) is 0 Å². The number of alkyl halides is 3. The largest absolute Gasteiger partial charge is 0.457 e. The third-order valence-corrected chi connectivity index (χ3v) is 3.38. The summed E-state index contributed by atoms with van der Waals surface area (Å²) in [5, 5.41) is 9.34. The van der Waals surface area contributed by atoms with Gasteiger partial charge in [-0.05, 0) is 31.1 Å². The number of halogens is 3. The van der Waals surface area contributed by atoms with Gasteiger partial charge >= 0.3 is 6.18 Å². The Balaban J connectivity index is 2.27. The van der Waals surface area contributed by atoms with Crippen LogP contribution in [0.25, 0.3) is 0 Å². The van der Waals surface area contributed by atoms with Crippen LogP contribution < -0.4 is 4.74 Å². The van der Waals surface area contributed by atoms with Crippen molar-refractivity contribution in [3.05, 3.63) is 59.4 Å². The first-order chi connectivity index (χ1) is 10.8. The predicted molar refractivity (Wildman–Crippen MR) is 81.3 cm³/mol. The van der Waals surface area contributed by atoms with Crippen LogP contribution >= 0.6 is 0 Å². The van der Waals surface area contributed by atoms with E-state index >= 15 is 0 Å². The third-order valence-electron chi connectivity index (χ3n) is 3.38. The first kappa shape index (κ1) is 16.9. The lowest BCUT2D eigenvalue weighted by Gasteiger charge is -2.10. The number of rotatable bonds is 4. The predicted octanol–water partition coefficient (Wildman–Crippen LogP) is 4.69. The monoisotopic (exact) mass is 324 g/mol. The van der Waals surface area contributed by atoms with E-state index in [1.54, 1.807) is 18.2 Å². The van der Waals surface area contributed by atoms with Crippen molar-refractivity contribution in [2.75, 3.05) is 0 Å². The van der Waals surface area contributed by atoms with Crippen molar-refractivity contribution in [3.8, 4) is 5.75 Å². The highest BCUT2D eigenvalue weighted by molar-refractivity contribution is 5.46. The number of nitrogens with zero attached hydrogens (tertiary/aromatic N) is 1. The van der Waals surface area contributed by atoms with E-state index in [0.29, 0.717) is 23.6 Å². The number of allylic oxidation sites excluding steroid dienone is 5. The molecule has 1 N–H and O–H groups in total. The van der Waals surface area contributed by atoms with Gasteiger partial charge in [-0.2, -0.15) is 13.2 Å². The van der Waals surface area contributed by atoms with Gasteiger partial charge in [-0.15, -0.1) is 0 Å². The van der Waals surface area contributed by atoms with Crippen molar-refractivity contribution in [2.24, 2.45) is 0 Å². The van der Waals surface area contributed by atoms with E-state index in [-0.39, 0.29) is 6.42 Å². The molecular weight excluding hydrogens is 307 g/mol. The van der Waals surface area contributed by atoms with Crippen molar-refractivity contribution >= 4 is 12.4 Å². The fraction of sp³-hybridized carbons (Fsp3) is 0.235. The van der Waals surface area contributed by atoms with Crippen molar-refractivity contribution in [3.63, 3.8) is 0 Å². The number of ether oxygens (including phenoxy) is 1. The lowest BCUT2D eigenvalue weighted by Crippen LogP contribution is -2.10. The fourth-order valence-electron chi connectivity index (χ4n) is 2.12. The van der Waals surface area contributed by atoms with E-state index in [0.717, 1.165) is 16.4 Å². The molecule has 0 bridgehead atoms. The van der Waals surface area contributed by atoms with E-state index in [2.05, 4.69) is 6.72 Å². The lowest BCUT2D eigenvalue weighted by atomic mass is 10.1. The molecule has 0 fully saturated rings. The Hall–Kier alpha value is -2.50. The van der Waals surface area contributed by atoms with Gasteiger partial charge in [0.1, 0.15) is 11.5 Å². The summed E-state index contributed by atoms with van der Waals surface area (Å²) < 4.78 is 44.6. The number of hydrogen-bond acceptors (Lipinski definition) is 2. The molecule has 1 aliphatic rings. The van der Waals surface area contributed by atoms with Crippen LogP contribution in [0.3, 0.4) is 0 Å². The molecular formula is C17H17F3NO2+. The Morgan fingerprint density at radius 3 is 2.65 bits per heavy atom. The molecule has 0 saturated heterocycles. The Morgan fingerprint density at radius 2 is 2.04 bits per heavy atom. The molecule has 0 atom stereocenters. The average molecular weight is 324 g/mol. The minimum atomic E-state index is -4.34. The van der Waals surface area contributed by atoms with Gasteiger partial charge in [0.05, 0.1) is 0 Å². The fourth-order valence-corrected chi connectivity index (χ4v) is 2.12. The van der Waals surface area contributed by atoms with Crippen LogP contribution in [0.15, 0.2) is 53.8 Å². The zero-order valence-corrected chi connectivity index (χ0v) is 12.6. The summed E-state index contributed by atoms with van der Waals surface area (Å²) in [4.78, 5) is 0. The van der Waals surface area contributed by atoms with Crippen molar-refractivity contribution < 1.29 is 27.9 Å². The maximum atomic E-state index is 12.7. The highest BCUT2D eigenvalue weighted by atomic mass is 19.4. The summed E-state index contributed by atoms with van der Waals surface area (Å²) >= 11 is 0. The molecule has 0 amide bonds. The molecule has 2 rings (SSSR count). The second-order valence-electron chi connectivity index (χ2n) is 5.01. The van der Waals surface area contributed by atoms with Gasteiger partial charge in [-0.1, -0.05) is 19.1 Å². The number of benzene rings is 1. The van der Waals surface area contributed by atoms with Crippen LogP contribution in [0, 0.1) is 0 Å². The first-order valence-electron chi connectivity index (χ1n) is 7.06. The maximum Gasteiger partial charge on any atom is 0.412 e. The van der Waals surface area contributed by atoms with Crippen LogP contribution in [0.1, 0.15) is 18.9 Å². The molecule has 0 radical (unpaired) electrons. The van der Waals surface area contributed by atoms with Crippen molar-refractivity contribution in [1.29, 1.82) is 0 Å². The summed E-state index contributed by atoms with van der Waals surface area (Å²) in [6.45, 7) is 5.30. The Kier molecular flexibility index (Phi) is 4.93. The third kappa shape index (κ3) is 4.25. The molecule has 0 unspecified atom stereocenters. The van der Waals surface area contributed by atoms with Gasteiger partial charge in [0, 0.05) is 28.0 Å². The summed E-state index contributed by atoms with van der Waals surface area (Å²) in [6.07, 6.45) is 1.38. The molecule has 3 nitrogen and oxygen atoms in total. The standard InChI is InChI=1S/C17H17F3NO2/c1-3-12-11-14(21(2)22)8-10-16(12)23-15-6-4-5-13(7-9-15)17(18,19)20/h4,6-11,22H,2-3,5H2,1H3/q+1. The van der Waals surface area contributed by atoms with E-state index in [4.69, 9.17) is 4.74 Å². The van der Waals surface area contributed by atoms with Crippen LogP contribution in [0.4, 0.5) is 18.9 Å². The molecule has 0 spiro atoms. The van der Waals surface area contributed by atoms with Gasteiger partial charge in [0.2, 0.25) is 0 Å². The summed E-state index contributed by atoms with van der Waals surface area (Å²) in [7, 11) is 0. The van der Waals surface area contributed by atoms with Gasteiger partial charge in [-0.3, -0.25) is 5.21 Å². The SMILES string of the molecule is C=[N+](O)c1ccc(OC2=CC=C(C(F)(F)F)CC=C2)c(CC)c1. The number of aryl methyl sites for hydroxylation is 1. The Labute approximate surface area is 132 Å². The van der Waals surface area contributed by atoms with E-state index in [1.165, 1.54) is 18.2 Å². The molecule has 0 saturated carbocycles. The lowest BCUT2D eigenvalue weighted by molar-refractivity contribution is -0.706. The molecule has 23 heavy (non-hydrogen) atoms. The molecule has 0 heterocycles. The average Bonchev–Trinajstić information content (AvgIpc) is 2.72. The smallest absolute Gasteiger partial charge is 0.412 e. The number of hydrogen-bond donors (Lipinski definition) is 1. The Morgan fingerprint density at radius 1 is 1.30 bits per heavy atom. The second kappa shape index (κ2) is 6.73. The topological polar surface area (TPSA) is 32.5 Å². The normalized spacial score (nSPS) is 14.8. The van der Waals surface area contributed by atoms with E-state index in [9.17, 15) is 18.4 Å². The second-order valence-corrected chi connectivity index (χ2v) is 5.01. The summed E-state index contributed by atoms with van der Waals surface area (Å²) in [6, 6.07) is 4.97. The molecule has 6 heteroatoms. The zero-order chi connectivity index (χ0) is 17.0. The summed E-state index contributed by atoms with van der Waals surface area (Å²) in [5.41, 5.74) is 0.689. The maximum absolute atomic E-state index is 12.7. The molecule has 1 aromatic rings. The molecule has 1 aromatic carbocycles. The van der Waals surface area contributed by atoms with Crippen LogP contribution in [-0.4, -0.2) is 22.8 Å². The van der Waals surface area contributed by atoms with E-state index < -0.39 is 11.7 Å². The molecule has 1 aliphatic carbocycles. The summed E-state index contributed by atoms with van der Waals surface area (Å²) in [5.74, 6) is 0.847. The quantitative estimate of drug-likeness (QED) is 0.377. The van der Waals surface area contributed by atoms with E-state index in [1.807, 2.05) is 6.92 Å². The van der Waals surface area contributed by atoms with Gasteiger partial charge in [-0.25, -0.2) is 0 Å². The van der Waals surface area contributed by atoms with Crippen molar-refractivity contribution in [1.82, 2.24) is 0 Å². The zero-order valence-electron chi connectivity index (χ0n) is 12.6. The van der Waals surface area contributed by atoms with Crippen molar-refractivity contribution in [2.45, 2.75) is 25.9 Å². The molecule has 122 valence electrons. The van der Waals surface area contributed by atoms with Crippen LogP contribution in [-0.2, 0) is 6.42 Å². The van der Waals surface area contributed by atoms with Gasteiger partial charge < -0.3 is 4.74 Å². The van der Waals surface area contributed by atoms with Gasteiger partial charge in [0.25, 0.3) is 5.69 Å². The minimum absolute atomic E-state index is 0.187. The molecule has 0 aliphatic heterocycles. The Bertz CT molecular complexity index is 700. The highest BCUT2D eigenvalue weighted by Gasteiger charge is 2.32. The molecule has 0 aromatic heterocycles. The van der Waals surface area contributed by atoms with Gasteiger partial charge in [0.15, 0.2) is 6.72 Å². The van der Waals surface area contributed by atoms with Crippen LogP contribution in [0.5, 0.6) is 5.75 Å². The first-order valence-corrected chi connectivity index (χ1v) is 7.06. The highest BCUT2D eigenvalue weighted by Crippen LogP contribution is 2.31.